The van der Waals surface area contributed by atoms with Crippen molar-refractivity contribution in [2.24, 2.45) is 0 Å². The molecule has 1 aliphatic heterocycles. The molecule has 1 fully saturated rings. The fourth-order valence-corrected chi connectivity index (χ4v) is 4.21. The molecule has 0 saturated carbocycles. The first-order valence-electron chi connectivity index (χ1n) is 10.9. The van der Waals surface area contributed by atoms with Gasteiger partial charge in [-0.15, -0.1) is 0 Å². The lowest BCUT2D eigenvalue weighted by molar-refractivity contribution is -0.139. The van der Waals surface area contributed by atoms with Gasteiger partial charge in [0, 0.05) is 28.9 Å². The van der Waals surface area contributed by atoms with Gasteiger partial charge in [0.25, 0.3) is 0 Å². The van der Waals surface area contributed by atoms with Crippen molar-refractivity contribution in [1.29, 1.82) is 0 Å². The van der Waals surface area contributed by atoms with Crippen molar-refractivity contribution in [3.63, 3.8) is 0 Å². The van der Waals surface area contributed by atoms with Crippen LogP contribution in [0.25, 0.3) is 22.3 Å². The summed E-state index contributed by atoms with van der Waals surface area (Å²) in [5, 5.41) is 0.668. The minimum absolute atomic E-state index is 0.0263. The van der Waals surface area contributed by atoms with Crippen molar-refractivity contribution < 1.29 is 19.0 Å². The molecule has 6 heteroatoms. The van der Waals surface area contributed by atoms with Crippen LogP contribution in [-0.4, -0.2) is 35.6 Å². The number of hydrogen-bond acceptors (Lipinski definition) is 4. The lowest BCUT2D eigenvalue weighted by Gasteiger charge is -2.17. The molecule has 32 heavy (non-hydrogen) atoms. The Morgan fingerprint density at radius 1 is 1.12 bits per heavy atom. The predicted octanol–water partition coefficient (Wildman–Crippen LogP) is 6.19. The van der Waals surface area contributed by atoms with Crippen LogP contribution in [0.1, 0.15) is 37.7 Å². The molecule has 1 aliphatic rings. The summed E-state index contributed by atoms with van der Waals surface area (Å²) >= 11 is 6.12. The van der Waals surface area contributed by atoms with Crippen LogP contribution in [0.15, 0.2) is 60.8 Å². The van der Waals surface area contributed by atoms with Crippen LogP contribution < -0.4 is 0 Å². The number of halogens is 1. The molecular formula is C26H28ClNO4. The Morgan fingerprint density at radius 3 is 2.47 bits per heavy atom. The zero-order valence-electron chi connectivity index (χ0n) is 18.6. The number of aryl methyl sites for hydroxylation is 1. The Labute approximate surface area is 193 Å². The second kappa shape index (κ2) is 9.49. The van der Waals surface area contributed by atoms with E-state index in [2.05, 4.69) is 0 Å². The minimum atomic E-state index is -0.574. The minimum Gasteiger partial charge on any atom is -0.461 e. The van der Waals surface area contributed by atoms with E-state index in [4.69, 9.17) is 25.8 Å². The van der Waals surface area contributed by atoms with Crippen molar-refractivity contribution >= 4 is 17.6 Å². The molecule has 2 aromatic carbocycles. The van der Waals surface area contributed by atoms with Crippen LogP contribution in [0.4, 0.5) is 0 Å². The molecule has 0 unspecified atom stereocenters. The number of aromatic nitrogens is 1. The third-order valence-electron chi connectivity index (χ3n) is 5.52. The summed E-state index contributed by atoms with van der Waals surface area (Å²) in [4.78, 5) is 13.1. The molecule has 5 nitrogen and oxygen atoms in total. The molecule has 4 rings (SSSR count). The molecule has 168 valence electrons. The van der Waals surface area contributed by atoms with Crippen molar-refractivity contribution in [1.82, 2.24) is 4.57 Å². The SMILES string of the molecule is CCOC(=O)c1c(-c2ccccc2)c(-c2ccc(Cl)cc2)cn1CC[C@H]1COC(C)(C)O1. The number of nitrogens with zero attached hydrogens (tertiary/aromatic N) is 1. The number of carbonyl (C=O) groups excluding carboxylic acids is 1. The lowest BCUT2D eigenvalue weighted by Crippen LogP contribution is -2.22. The highest BCUT2D eigenvalue weighted by Crippen LogP contribution is 2.38. The molecule has 1 saturated heterocycles. The highest BCUT2D eigenvalue weighted by atomic mass is 35.5. The predicted molar refractivity (Wildman–Crippen MR) is 126 cm³/mol. The van der Waals surface area contributed by atoms with Gasteiger partial charge in [0.05, 0.1) is 19.3 Å². The topological polar surface area (TPSA) is 49.7 Å². The maximum atomic E-state index is 13.1. The highest BCUT2D eigenvalue weighted by molar-refractivity contribution is 6.30. The number of hydrogen-bond donors (Lipinski definition) is 0. The standard InChI is InChI=1S/C26H28ClNO4/c1-4-30-25(29)24-23(19-8-6-5-7-9-19)22(18-10-12-20(27)13-11-18)16-28(24)15-14-21-17-31-26(2,3)32-21/h5-13,16,21H,4,14-15,17H2,1-3H3/t21-/m0/s1. The van der Waals surface area contributed by atoms with Gasteiger partial charge in [-0.2, -0.15) is 0 Å². The fourth-order valence-electron chi connectivity index (χ4n) is 4.08. The number of esters is 1. The van der Waals surface area contributed by atoms with Crippen molar-refractivity contribution in [3.8, 4) is 22.3 Å². The Morgan fingerprint density at radius 2 is 1.84 bits per heavy atom. The van der Waals surface area contributed by atoms with E-state index in [1.54, 1.807) is 0 Å². The van der Waals surface area contributed by atoms with E-state index in [9.17, 15) is 4.79 Å². The van der Waals surface area contributed by atoms with Gasteiger partial charge in [0.15, 0.2) is 5.79 Å². The van der Waals surface area contributed by atoms with Gasteiger partial charge < -0.3 is 18.8 Å². The van der Waals surface area contributed by atoms with E-state index in [0.29, 0.717) is 30.5 Å². The monoisotopic (exact) mass is 453 g/mol. The van der Waals surface area contributed by atoms with E-state index in [0.717, 1.165) is 28.7 Å². The van der Waals surface area contributed by atoms with Gasteiger partial charge in [0.1, 0.15) is 5.69 Å². The van der Waals surface area contributed by atoms with Crippen molar-refractivity contribution in [2.75, 3.05) is 13.2 Å². The summed E-state index contributed by atoms with van der Waals surface area (Å²) in [6, 6.07) is 17.6. The van der Waals surface area contributed by atoms with Crippen LogP contribution in [0, 0.1) is 0 Å². The second-order valence-electron chi connectivity index (χ2n) is 8.29. The number of benzene rings is 2. The first-order valence-corrected chi connectivity index (χ1v) is 11.3. The second-order valence-corrected chi connectivity index (χ2v) is 8.73. The quantitative estimate of drug-likeness (QED) is 0.400. The lowest BCUT2D eigenvalue weighted by atomic mass is 9.97. The average Bonchev–Trinajstić information content (AvgIpc) is 3.33. The number of ether oxygens (including phenoxy) is 3. The zero-order chi connectivity index (χ0) is 22.7. The number of carbonyl (C=O) groups is 1. The first-order chi connectivity index (χ1) is 15.4. The maximum absolute atomic E-state index is 13.1. The van der Waals surface area contributed by atoms with E-state index in [1.165, 1.54) is 0 Å². The van der Waals surface area contributed by atoms with E-state index in [1.807, 2.05) is 86.1 Å². The van der Waals surface area contributed by atoms with Crippen LogP contribution in [-0.2, 0) is 20.8 Å². The Balaban J connectivity index is 1.79. The van der Waals surface area contributed by atoms with Crippen molar-refractivity contribution in [2.45, 2.75) is 45.6 Å². The first kappa shape index (κ1) is 22.6. The third-order valence-corrected chi connectivity index (χ3v) is 5.78. The van der Waals surface area contributed by atoms with Gasteiger partial charge in [0.2, 0.25) is 0 Å². The van der Waals surface area contributed by atoms with Gasteiger partial charge in [-0.3, -0.25) is 0 Å². The largest absolute Gasteiger partial charge is 0.461 e. The molecule has 3 aromatic rings. The Hall–Kier alpha value is -2.60. The molecule has 0 spiro atoms. The smallest absolute Gasteiger partial charge is 0.355 e. The molecule has 2 heterocycles. The summed E-state index contributed by atoms with van der Waals surface area (Å²) in [6.07, 6.45) is 2.72. The van der Waals surface area contributed by atoms with E-state index < -0.39 is 5.79 Å². The average molecular weight is 454 g/mol. The van der Waals surface area contributed by atoms with Crippen LogP contribution >= 0.6 is 11.6 Å². The third kappa shape index (κ3) is 4.90. The van der Waals surface area contributed by atoms with Crippen molar-refractivity contribution in [3.05, 3.63) is 71.5 Å². The van der Waals surface area contributed by atoms with Gasteiger partial charge in [-0.25, -0.2) is 4.79 Å². The summed E-state index contributed by atoms with van der Waals surface area (Å²) in [5.41, 5.74) is 4.30. The Kier molecular flexibility index (Phi) is 6.70. The maximum Gasteiger partial charge on any atom is 0.355 e. The zero-order valence-corrected chi connectivity index (χ0v) is 19.4. The molecule has 1 aromatic heterocycles. The normalized spacial score (nSPS) is 17.4. The molecule has 0 bridgehead atoms. The van der Waals surface area contributed by atoms with Crippen LogP contribution in [0.5, 0.6) is 0 Å². The summed E-state index contributed by atoms with van der Waals surface area (Å²) < 4.78 is 19.1. The van der Waals surface area contributed by atoms with Gasteiger partial charge in [-0.1, -0.05) is 54.1 Å². The summed E-state index contributed by atoms with van der Waals surface area (Å²) in [6.45, 7) is 7.10. The highest BCUT2D eigenvalue weighted by Gasteiger charge is 2.33. The number of rotatable bonds is 7. The molecule has 0 radical (unpaired) electrons. The summed E-state index contributed by atoms with van der Waals surface area (Å²) in [7, 11) is 0. The van der Waals surface area contributed by atoms with Crippen LogP contribution in [0.2, 0.25) is 5.02 Å². The molecule has 1 atom stereocenters. The van der Waals surface area contributed by atoms with E-state index >= 15 is 0 Å². The van der Waals surface area contributed by atoms with Gasteiger partial charge >= 0.3 is 5.97 Å². The molecule has 0 N–H and O–H groups in total. The van der Waals surface area contributed by atoms with Crippen LogP contribution in [0.3, 0.4) is 0 Å². The fraction of sp³-hybridized carbons (Fsp3) is 0.346. The van der Waals surface area contributed by atoms with Gasteiger partial charge in [-0.05, 0) is 50.5 Å². The molecular weight excluding hydrogens is 426 g/mol. The Bertz CT molecular complexity index is 1070. The molecule has 0 amide bonds. The molecule has 0 aliphatic carbocycles. The van der Waals surface area contributed by atoms with E-state index in [-0.39, 0.29) is 12.1 Å². The summed E-state index contributed by atoms with van der Waals surface area (Å²) in [5.74, 6) is -0.912.